The van der Waals surface area contributed by atoms with Crippen molar-refractivity contribution < 1.29 is 22.7 Å². The van der Waals surface area contributed by atoms with Gasteiger partial charge in [-0.1, -0.05) is 6.92 Å². The van der Waals surface area contributed by atoms with E-state index in [1.54, 1.807) is 25.3 Å². The van der Waals surface area contributed by atoms with E-state index in [1.165, 1.54) is 29.3 Å². The summed E-state index contributed by atoms with van der Waals surface area (Å²) in [5.74, 6) is 0.577. The second-order valence-corrected chi connectivity index (χ2v) is 7.29. The van der Waals surface area contributed by atoms with Crippen LogP contribution in [0.15, 0.2) is 67.1 Å². The van der Waals surface area contributed by atoms with Crippen LogP contribution in [0, 0.1) is 0 Å². The fourth-order valence-corrected chi connectivity index (χ4v) is 3.45. The van der Waals surface area contributed by atoms with Crippen LogP contribution in [-0.2, 0) is 12.6 Å². The van der Waals surface area contributed by atoms with Crippen LogP contribution >= 0.6 is 0 Å². The van der Waals surface area contributed by atoms with E-state index in [-0.39, 0.29) is 0 Å². The third kappa shape index (κ3) is 4.75. The molecule has 2 aromatic carbocycles. The lowest BCUT2D eigenvalue weighted by Gasteiger charge is -2.11. The summed E-state index contributed by atoms with van der Waals surface area (Å²) in [5.41, 5.74) is 1.96. The zero-order chi connectivity index (χ0) is 24.3. The topological polar surface area (TPSA) is 81.9 Å². The number of aromatic nitrogens is 4. The average molecular weight is 467 g/mol. The number of nitrogens with one attached hydrogen (secondary N) is 1. The van der Waals surface area contributed by atoms with Crippen molar-refractivity contribution in [3.63, 3.8) is 0 Å². The van der Waals surface area contributed by atoms with Crippen molar-refractivity contribution in [3.8, 4) is 22.7 Å². The third-order valence-corrected chi connectivity index (χ3v) is 5.18. The average Bonchev–Trinajstić information content (AvgIpc) is 3.28. The number of hydrogen-bond acceptors (Lipinski definition) is 5. The summed E-state index contributed by atoms with van der Waals surface area (Å²) in [5, 5.41) is 6.97. The minimum atomic E-state index is -4.43. The Morgan fingerprint density at radius 3 is 2.38 bits per heavy atom. The first-order valence-electron chi connectivity index (χ1n) is 10.3. The highest BCUT2D eigenvalue weighted by atomic mass is 19.4. The van der Waals surface area contributed by atoms with Crippen molar-refractivity contribution in [2.45, 2.75) is 19.5 Å². The number of alkyl halides is 3. The molecule has 0 aliphatic rings. The Bertz CT molecular complexity index is 1300. The summed E-state index contributed by atoms with van der Waals surface area (Å²) < 4.78 is 45.2. The zero-order valence-electron chi connectivity index (χ0n) is 18.3. The van der Waals surface area contributed by atoms with Crippen LogP contribution in [0.4, 0.5) is 19.0 Å². The van der Waals surface area contributed by atoms with Crippen molar-refractivity contribution in [2.75, 3.05) is 12.4 Å². The molecule has 0 atom stereocenters. The molecule has 7 nitrogen and oxygen atoms in total. The molecule has 0 fully saturated rings. The van der Waals surface area contributed by atoms with E-state index in [2.05, 4.69) is 20.4 Å². The molecule has 0 radical (unpaired) electrons. The largest absolute Gasteiger partial charge is 0.497 e. The number of anilines is 1. The Hall–Kier alpha value is -4.21. The summed E-state index contributed by atoms with van der Waals surface area (Å²) in [7, 11) is 1.58. The minimum Gasteiger partial charge on any atom is -0.497 e. The van der Waals surface area contributed by atoms with E-state index in [0.29, 0.717) is 40.6 Å². The van der Waals surface area contributed by atoms with E-state index in [0.717, 1.165) is 17.7 Å². The van der Waals surface area contributed by atoms with E-state index in [9.17, 15) is 18.0 Å². The first kappa shape index (κ1) is 23.0. The molecule has 34 heavy (non-hydrogen) atoms. The molecule has 4 rings (SSSR count). The number of hydrogen-bond donors (Lipinski definition) is 1. The predicted molar refractivity (Wildman–Crippen MR) is 120 cm³/mol. The van der Waals surface area contributed by atoms with Crippen molar-refractivity contribution in [2.24, 2.45) is 0 Å². The number of halogens is 3. The van der Waals surface area contributed by atoms with Crippen LogP contribution in [0.25, 0.3) is 16.9 Å². The van der Waals surface area contributed by atoms with Crippen LogP contribution < -0.4 is 10.1 Å². The van der Waals surface area contributed by atoms with Gasteiger partial charge in [-0.2, -0.15) is 18.3 Å². The van der Waals surface area contributed by atoms with Gasteiger partial charge in [0, 0.05) is 11.6 Å². The number of nitrogens with zero attached hydrogens (tertiary/aromatic N) is 4. The molecule has 0 unspecified atom stereocenters. The van der Waals surface area contributed by atoms with Gasteiger partial charge in [0.05, 0.1) is 41.5 Å². The van der Waals surface area contributed by atoms with Gasteiger partial charge in [0.2, 0.25) is 0 Å². The standard InChI is InChI=1S/C24H20F3N5O2/c1-3-21-19(13-30-32(21)17-8-6-16(7-9-17)24(25,26)27)23(33)31-22-12-20(28-14-29-22)15-4-10-18(34-2)11-5-15/h4-14H,3H2,1-2H3,(H,28,29,31,33). The lowest BCUT2D eigenvalue weighted by molar-refractivity contribution is -0.137. The van der Waals surface area contributed by atoms with Gasteiger partial charge in [-0.05, 0) is 55.0 Å². The van der Waals surface area contributed by atoms with Gasteiger partial charge >= 0.3 is 6.18 Å². The Labute approximate surface area is 193 Å². The molecule has 1 N–H and O–H groups in total. The maximum Gasteiger partial charge on any atom is 0.416 e. The summed E-state index contributed by atoms with van der Waals surface area (Å²) >= 11 is 0. The van der Waals surface area contributed by atoms with Crippen LogP contribution in [-0.4, -0.2) is 32.8 Å². The van der Waals surface area contributed by atoms with Gasteiger partial charge in [0.25, 0.3) is 5.91 Å². The second kappa shape index (κ2) is 9.34. The van der Waals surface area contributed by atoms with Crippen molar-refractivity contribution >= 4 is 11.7 Å². The van der Waals surface area contributed by atoms with Gasteiger partial charge in [-0.15, -0.1) is 0 Å². The lowest BCUT2D eigenvalue weighted by atomic mass is 10.1. The molecule has 4 aromatic rings. The summed E-state index contributed by atoms with van der Waals surface area (Å²) in [4.78, 5) is 21.3. The predicted octanol–water partition coefficient (Wildman–Crippen LogP) is 5.17. The lowest BCUT2D eigenvalue weighted by Crippen LogP contribution is -2.15. The van der Waals surface area contributed by atoms with Crippen LogP contribution in [0.5, 0.6) is 5.75 Å². The van der Waals surface area contributed by atoms with E-state index >= 15 is 0 Å². The number of carbonyl (C=O) groups is 1. The Balaban J connectivity index is 1.57. The normalized spacial score (nSPS) is 11.3. The molecule has 0 saturated carbocycles. The van der Waals surface area contributed by atoms with E-state index in [4.69, 9.17) is 4.74 Å². The fourth-order valence-electron chi connectivity index (χ4n) is 3.45. The molecule has 0 spiro atoms. The maximum absolute atomic E-state index is 13.0. The van der Waals surface area contributed by atoms with Crippen molar-refractivity contribution in [1.82, 2.24) is 19.7 Å². The first-order valence-corrected chi connectivity index (χ1v) is 10.3. The van der Waals surface area contributed by atoms with Crippen molar-refractivity contribution in [1.29, 1.82) is 0 Å². The Morgan fingerprint density at radius 1 is 1.06 bits per heavy atom. The Morgan fingerprint density at radius 2 is 1.76 bits per heavy atom. The zero-order valence-corrected chi connectivity index (χ0v) is 18.3. The smallest absolute Gasteiger partial charge is 0.416 e. The second-order valence-electron chi connectivity index (χ2n) is 7.29. The van der Waals surface area contributed by atoms with E-state index in [1.807, 2.05) is 19.1 Å². The van der Waals surface area contributed by atoms with Gasteiger partial charge < -0.3 is 10.1 Å². The molecule has 0 aliphatic carbocycles. The van der Waals surface area contributed by atoms with Gasteiger partial charge in [0.15, 0.2) is 0 Å². The number of methoxy groups -OCH3 is 1. The summed E-state index contributed by atoms with van der Waals surface area (Å²) in [6.07, 6.45) is -1.26. The molecule has 174 valence electrons. The molecule has 1 amide bonds. The molecule has 0 saturated heterocycles. The highest BCUT2D eigenvalue weighted by Crippen LogP contribution is 2.30. The Kier molecular flexibility index (Phi) is 6.31. The van der Waals surface area contributed by atoms with Gasteiger partial charge in [-0.3, -0.25) is 4.79 Å². The number of ether oxygens (including phenoxy) is 1. The SMILES string of the molecule is CCc1c(C(=O)Nc2cc(-c3ccc(OC)cc3)ncn2)cnn1-c1ccc(C(F)(F)F)cc1. The summed E-state index contributed by atoms with van der Waals surface area (Å²) in [6, 6.07) is 13.6. The summed E-state index contributed by atoms with van der Waals surface area (Å²) in [6.45, 7) is 1.83. The molecule has 2 aromatic heterocycles. The first-order chi connectivity index (χ1) is 16.3. The number of carbonyl (C=O) groups excluding carboxylic acids is 1. The molecular formula is C24H20F3N5O2. The van der Waals surface area contributed by atoms with Crippen LogP contribution in [0.2, 0.25) is 0 Å². The highest BCUT2D eigenvalue weighted by molar-refractivity contribution is 6.04. The molecular weight excluding hydrogens is 447 g/mol. The minimum absolute atomic E-state index is 0.298. The maximum atomic E-state index is 13.0. The van der Waals surface area contributed by atoms with Crippen LogP contribution in [0.1, 0.15) is 28.5 Å². The number of rotatable bonds is 6. The number of benzene rings is 2. The van der Waals surface area contributed by atoms with Gasteiger partial charge in [-0.25, -0.2) is 14.6 Å². The van der Waals surface area contributed by atoms with Crippen LogP contribution in [0.3, 0.4) is 0 Å². The highest BCUT2D eigenvalue weighted by Gasteiger charge is 2.30. The van der Waals surface area contributed by atoms with E-state index < -0.39 is 17.6 Å². The van der Waals surface area contributed by atoms with Gasteiger partial charge in [0.1, 0.15) is 17.9 Å². The molecule has 10 heteroatoms. The fraction of sp³-hybridized carbons (Fsp3) is 0.167. The molecule has 0 bridgehead atoms. The molecule has 0 aliphatic heterocycles. The van der Waals surface area contributed by atoms with Crippen molar-refractivity contribution in [3.05, 3.63) is 83.9 Å². The third-order valence-electron chi connectivity index (χ3n) is 5.18. The number of amides is 1. The quantitative estimate of drug-likeness (QED) is 0.423. The molecule has 2 heterocycles. The monoisotopic (exact) mass is 467 g/mol.